The van der Waals surface area contributed by atoms with Crippen molar-refractivity contribution in [2.75, 3.05) is 6.61 Å². The number of hydrogen-bond acceptors (Lipinski definition) is 2. The van der Waals surface area contributed by atoms with Crippen molar-refractivity contribution in [3.8, 4) is 0 Å². The van der Waals surface area contributed by atoms with Crippen LogP contribution in [0.15, 0.2) is 40.1 Å². The van der Waals surface area contributed by atoms with Gasteiger partial charge in [0.1, 0.15) is 0 Å². The van der Waals surface area contributed by atoms with E-state index in [0.717, 1.165) is 17.3 Å². The molecule has 0 saturated heterocycles. The van der Waals surface area contributed by atoms with Crippen LogP contribution in [0.2, 0.25) is 0 Å². The average molecular weight is 248 g/mol. The van der Waals surface area contributed by atoms with Crippen molar-refractivity contribution in [1.82, 2.24) is 0 Å². The summed E-state index contributed by atoms with van der Waals surface area (Å²) in [5.41, 5.74) is 1.04. The van der Waals surface area contributed by atoms with Crippen LogP contribution in [0.3, 0.4) is 0 Å². The zero-order chi connectivity index (χ0) is 12.2. The van der Waals surface area contributed by atoms with E-state index >= 15 is 0 Å². The maximum Gasteiger partial charge on any atom is 0.410 e. The Bertz CT molecular complexity index is 368. The topological polar surface area (TPSA) is 20.2 Å². The van der Waals surface area contributed by atoms with E-state index in [4.69, 9.17) is 5.11 Å². The molecule has 1 aromatic rings. The summed E-state index contributed by atoms with van der Waals surface area (Å²) in [6, 6.07) is 7.07. The van der Waals surface area contributed by atoms with Crippen molar-refractivity contribution in [3.63, 3.8) is 0 Å². The number of halogens is 3. The van der Waals surface area contributed by atoms with Gasteiger partial charge >= 0.3 is 6.18 Å². The quantitative estimate of drug-likeness (QED) is 0.826. The largest absolute Gasteiger partial charge is 0.410 e. The van der Waals surface area contributed by atoms with E-state index in [0.29, 0.717) is 4.90 Å². The van der Waals surface area contributed by atoms with Crippen LogP contribution in [0.1, 0.15) is 5.56 Å². The number of benzene rings is 1. The summed E-state index contributed by atoms with van der Waals surface area (Å²) in [6.07, 6.45) is -4.27. The Balaban J connectivity index is 2.78. The van der Waals surface area contributed by atoms with Crippen LogP contribution >= 0.6 is 11.8 Å². The van der Waals surface area contributed by atoms with Gasteiger partial charge in [0.05, 0.1) is 6.61 Å². The number of thioether (sulfide) groups is 1. The zero-order valence-corrected chi connectivity index (χ0v) is 9.40. The normalized spacial score (nSPS) is 12.9. The highest BCUT2D eigenvalue weighted by Gasteiger charge is 2.24. The maximum absolute atomic E-state index is 12.1. The fourth-order valence-electron chi connectivity index (χ4n) is 1.05. The molecular formula is C11H11F3OS. The van der Waals surface area contributed by atoms with Crippen LogP contribution < -0.4 is 0 Å². The SMILES string of the molecule is Cc1ccc(S/C(=C/C(F)(F)F)CO)cc1. The van der Waals surface area contributed by atoms with Crippen LogP contribution in [-0.2, 0) is 0 Å². The first-order chi connectivity index (χ1) is 7.40. The van der Waals surface area contributed by atoms with Crippen molar-refractivity contribution in [1.29, 1.82) is 0 Å². The number of hydrogen-bond donors (Lipinski definition) is 1. The minimum absolute atomic E-state index is 0.114. The number of aryl methyl sites for hydroxylation is 1. The van der Waals surface area contributed by atoms with Crippen molar-refractivity contribution >= 4 is 11.8 Å². The second-order valence-electron chi connectivity index (χ2n) is 3.23. The third-order valence-electron chi connectivity index (χ3n) is 1.75. The predicted octanol–water partition coefficient (Wildman–Crippen LogP) is 3.53. The number of aliphatic hydroxyl groups excluding tert-OH is 1. The van der Waals surface area contributed by atoms with Crippen LogP contribution in [0.25, 0.3) is 0 Å². The zero-order valence-electron chi connectivity index (χ0n) is 8.58. The molecular weight excluding hydrogens is 237 g/mol. The third kappa shape index (κ3) is 4.72. The first-order valence-electron chi connectivity index (χ1n) is 4.54. The second-order valence-corrected chi connectivity index (χ2v) is 4.43. The molecule has 0 saturated carbocycles. The van der Waals surface area contributed by atoms with Gasteiger partial charge in [0.2, 0.25) is 0 Å². The first-order valence-corrected chi connectivity index (χ1v) is 5.36. The van der Waals surface area contributed by atoms with Gasteiger partial charge in [-0.15, -0.1) is 0 Å². The van der Waals surface area contributed by atoms with Gasteiger partial charge in [0.15, 0.2) is 0 Å². The van der Waals surface area contributed by atoms with Crippen molar-refractivity contribution in [2.45, 2.75) is 18.0 Å². The molecule has 0 fully saturated rings. The van der Waals surface area contributed by atoms with Crippen LogP contribution in [0, 0.1) is 6.92 Å². The molecule has 0 aliphatic rings. The molecule has 0 heterocycles. The van der Waals surface area contributed by atoms with Gasteiger partial charge in [0.25, 0.3) is 0 Å². The highest BCUT2D eigenvalue weighted by Crippen LogP contribution is 2.30. The smallest absolute Gasteiger partial charge is 0.391 e. The summed E-state index contributed by atoms with van der Waals surface area (Å²) in [4.78, 5) is 0.562. The lowest BCUT2D eigenvalue weighted by molar-refractivity contribution is -0.0804. The van der Waals surface area contributed by atoms with E-state index in [1.807, 2.05) is 19.1 Å². The highest BCUT2D eigenvalue weighted by molar-refractivity contribution is 8.03. The van der Waals surface area contributed by atoms with Crippen LogP contribution in [0.5, 0.6) is 0 Å². The standard InChI is InChI=1S/C11H11F3OS/c1-8-2-4-9(5-3-8)16-10(7-15)6-11(12,13)14/h2-6,15H,7H2,1H3/b10-6+. The van der Waals surface area contributed by atoms with E-state index in [1.165, 1.54) is 0 Å². The molecule has 16 heavy (non-hydrogen) atoms. The Labute approximate surface area is 96.0 Å². The first kappa shape index (κ1) is 13.1. The molecule has 0 atom stereocenters. The summed E-state index contributed by atoms with van der Waals surface area (Å²) < 4.78 is 36.2. The van der Waals surface area contributed by atoms with Crippen molar-refractivity contribution in [2.24, 2.45) is 0 Å². The van der Waals surface area contributed by atoms with Crippen LogP contribution in [-0.4, -0.2) is 17.9 Å². The van der Waals surface area contributed by atoms with Gasteiger partial charge in [-0.1, -0.05) is 29.5 Å². The van der Waals surface area contributed by atoms with Gasteiger partial charge in [0, 0.05) is 15.9 Å². The molecule has 0 radical (unpaired) electrons. The number of alkyl halides is 3. The molecule has 5 heteroatoms. The highest BCUT2D eigenvalue weighted by atomic mass is 32.2. The molecule has 0 unspecified atom stereocenters. The number of allylic oxidation sites excluding steroid dienone is 1. The molecule has 1 rings (SSSR count). The van der Waals surface area contributed by atoms with Gasteiger partial charge in [-0.05, 0) is 19.1 Å². The summed E-state index contributed by atoms with van der Waals surface area (Å²) in [5, 5.41) is 8.82. The summed E-state index contributed by atoms with van der Waals surface area (Å²) in [7, 11) is 0. The van der Waals surface area contributed by atoms with E-state index < -0.39 is 12.8 Å². The molecule has 1 N–H and O–H groups in total. The lowest BCUT2D eigenvalue weighted by Crippen LogP contribution is -2.04. The van der Waals surface area contributed by atoms with Gasteiger partial charge in [-0.3, -0.25) is 0 Å². The second kappa shape index (κ2) is 5.41. The lowest BCUT2D eigenvalue weighted by Gasteiger charge is -2.06. The minimum atomic E-state index is -4.39. The van der Waals surface area contributed by atoms with E-state index in [2.05, 4.69) is 0 Å². The Hall–Kier alpha value is -0.940. The lowest BCUT2D eigenvalue weighted by atomic mass is 10.2. The third-order valence-corrected chi connectivity index (χ3v) is 2.77. The maximum atomic E-state index is 12.1. The fourth-order valence-corrected chi connectivity index (χ4v) is 1.88. The Morgan fingerprint density at radius 1 is 1.31 bits per heavy atom. The van der Waals surface area contributed by atoms with Crippen molar-refractivity contribution < 1.29 is 18.3 Å². The van der Waals surface area contributed by atoms with Gasteiger partial charge in [-0.25, -0.2) is 0 Å². The van der Waals surface area contributed by atoms with Crippen molar-refractivity contribution in [3.05, 3.63) is 40.8 Å². The molecule has 0 aromatic heterocycles. The molecule has 0 bridgehead atoms. The average Bonchev–Trinajstić information content (AvgIpc) is 2.18. The molecule has 0 spiro atoms. The Morgan fingerprint density at radius 3 is 2.31 bits per heavy atom. The molecule has 0 aliphatic heterocycles. The van der Waals surface area contributed by atoms with E-state index in [1.54, 1.807) is 12.1 Å². The molecule has 88 valence electrons. The fraction of sp³-hybridized carbons (Fsp3) is 0.273. The molecule has 0 amide bonds. The molecule has 1 aromatic carbocycles. The number of rotatable bonds is 3. The summed E-state index contributed by atoms with van der Waals surface area (Å²) >= 11 is 0.915. The Kier molecular flexibility index (Phi) is 4.44. The molecule has 0 aliphatic carbocycles. The monoisotopic (exact) mass is 248 g/mol. The van der Waals surface area contributed by atoms with Gasteiger partial charge < -0.3 is 5.11 Å². The molecule has 1 nitrogen and oxygen atoms in total. The summed E-state index contributed by atoms with van der Waals surface area (Å²) in [6.45, 7) is 1.28. The predicted molar refractivity (Wildman–Crippen MR) is 58.3 cm³/mol. The Morgan fingerprint density at radius 2 is 1.88 bits per heavy atom. The van der Waals surface area contributed by atoms with Crippen LogP contribution in [0.4, 0.5) is 13.2 Å². The van der Waals surface area contributed by atoms with E-state index in [9.17, 15) is 13.2 Å². The van der Waals surface area contributed by atoms with E-state index in [-0.39, 0.29) is 11.0 Å². The van der Waals surface area contributed by atoms with Gasteiger partial charge in [-0.2, -0.15) is 13.2 Å². The number of aliphatic hydroxyl groups is 1. The summed E-state index contributed by atoms with van der Waals surface area (Å²) in [5.74, 6) is 0. The minimum Gasteiger partial charge on any atom is -0.391 e.